The summed E-state index contributed by atoms with van der Waals surface area (Å²) in [5, 5.41) is 9.26. The van der Waals surface area contributed by atoms with Gasteiger partial charge in [-0.25, -0.2) is 9.37 Å². The molecule has 1 aliphatic rings. The van der Waals surface area contributed by atoms with E-state index in [2.05, 4.69) is 4.98 Å². The number of rotatable bonds is 2. The largest absolute Gasteiger partial charge is 0.394 e. The molecule has 1 fully saturated rings. The molecule has 0 radical (unpaired) electrons. The summed E-state index contributed by atoms with van der Waals surface area (Å²) in [7, 11) is 0. The van der Waals surface area contributed by atoms with Gasteiger partial charge >= 0.3 is 0 Å². The molecule has 1 saturated heterocycles. The van der Waals surface area contributed by atoms with Gasteiger partial charge in [-0.3, -0.25) is 14.0 Å². The molecule has 1 aliphatic heterocycles. The van der Waals surface area contributed by atoms with E-state index in [1.165, 1.54) is 15.5 Å². The lowest BCUT2D eigenvalue weighted by Crippen LogP contribution is -2.40. The number of aliphatic hydroxyl groups excluding tert-OH is 1. The summed E-state index contributed by atoms with van der Waals surface area (Å²) in [6, 6.07) is 2.88. The van der Waals surface area contributed by atoms with Crippen LogP contribution in [-0.2, 0) is 0 Å². The van der Waals surface area contributed by atoms with Gasteiger partial charge in [0.25, 0.3) is 11.5 Å². The molecule has 0 aliphatic carbocycles. The van der Waals surface area contributed by atoms with Gasteiger partial charge in [0, 0.05) is 18.8 Å². The molecule has 0 unspecified atom stereocenters. The topological polar surface area (TPSA) is 74.9 Å². The Morgan fingerprint density at radius 2 is 2.32 bits per heavy atom. The number of fused-ring (bicyclic) bond motifs is 1. The first-order valence-corrected chi connectivity index (χ1v) is 7.05. The normalized spacial score (nSPS) is 21.5. The molecule has 3 rings (SSSR count). The van der Waals surface area contributed by atoms with Crippen LogP contribution < -0.4 is 5.56 Å². The van der Waals surface area contributed by atoms with Gasteiger partial charge in [0.2, 0.25) is 0 Å². The molecule has 116 valence electrons. The molecule has 0 bridgehead atoms. The zero-order chi connectivity index (χ0) is 15.9. The number of aromatic nitrogens is 2. The standard InChI is InChI=1S/C15H16FN3O3/c1-9-2-3-18-13(4-9)17-6-12(14(18)21)15(22)19-7-10(16)5-11(19)8-20/h2-4,6,10-11,20H,5,7-8H2,1H3/t10-,11-/m0/s1. The second kappa shape index (κ2) is 5.49. The fourth-order valence-electron chi connectivity index (χ4n) is 2.76. The van der Waals surface area contributed by atoms with Crippen molar-refractivity contribution in [3.8, 4) is 0 Å². The van der Waals surface area contributed by atoms with E-state index in [1.807, 2.05) is 6.92 Å². The summed E-state index contributed by atoms with van der Waals surface area (Å²) in [4.78, 5) is 30.3. The van der Waals surface area contributed by atoms with Crippen molar-refractivity contribution in [1.82, 2.24) is 14.3 Å². The maximum atomic E-state index is 13.5. The van der Waals surface area contributed by atoms with Crippen molar-refractivity contribution in [3.05, 3.63) is 46.0 Å². The van der Waals surface area contributed by atoms with Gasteiger partial charge in [0.1, 0.15) is 17.4 Å². The van der Waals surface area contributed by atoms with Gasteiger partial charge < -0.3 is 10.0 Å². The molecule has 0 aromatic carbocycles. The van der Waals surface area contributed by atoms with Gasteiger partial charge in [-0.1, -0.05) is 0 Å². The first kappa shape index (κ1) is 14.6. The summed E-state index contributed by atoms with van der Waals surface area (Å²) >= 11 is 0. The number of likely N-dealkylation sites (tertiary alicyclic amines) is 1. The minimum Gasteiger partial charge on any atom is -0.394 e. The van der Waals surface area contributed by atoms with Crippen LogP contribution in [0.2, 0.25) is 0 Å². The molecule has 2 aromatic rings. The van der Waals surface area contributed by atoms with Crippen LogP contribution in [0, 0.1) is 6.92 Å². The second-order valence-electron chi connectivity index (χ2n) is 5.54. The fourth-order valence-corrected chi connectivity index (χ4v) is 2.76. The molecule has 1 amide bonds. The van der Waals surface area contributed by atoms with Gasteiger partial charge in [-0.15, -0.1) is 0 Å². The van der Waals surface area contributed by atoms with E-state index < -0.39 is 23.7 Å². The molecule has 7 heteroatoms. The molecule has 6 nitrogen and oxygen atoms in total. The molecule has 1 N–H and O–H groups in total. The van der Waals surface area contributed by atoms with Crippen LogP contribution in [0.15, 0.2) is 29.3 Å². The maximum Gasteiger partial charge on any atom is 0.270 e. The highest BCUT2D eigenvalue weighted by atomic mass is 19.1. The number of pyridine rings is 1. The monoisotopic (exact) mass is 305 g/mol. The Hall–Kier alpha value is -2.28. The van der Waals surface area contributed by atoms with Gasteiger partial charge in [-0.05, 0) is 24.6 Å². The lowest BCUT2D eigenvalue weighted by molar-refractivity contribution is 0.0670. The summed E-state index contributed by atoms with van der Waals surface area (Å²) in [6.45, 7) is 1.44. The van der Waals surface area contributed by atoms with Crippen molar-refractivity contribution in [1.29, 1.82) is 0 Å². The Kier molecular flexibility index (Phi) is 3.66. The van der Waals surface area contributed by atoms with E-state index >= 15 is 0 Å². The molecule has 3 heterocycles. The van der Waals surface area contributed by atoms with Crippen LogP contribution in [0.3, 0.4) is 0 Å². The minimum absolute atomic E-state index is 0.0871. The number of hydrogen-bond donors (Lipinski definition) is 1. The molecular formula is C15H16FN3O3. The number of halogens is 1. The zero-order valence-corrected chi connectivity index (χ0v) is 12.1. The fraction of sp³-hybridized carbons (Fsp3) is 0.400. The van der Waals surface area contributed by atoms with E-state index in [-0.39, 0.29) is 25.1 Å². The lowest BCUT2D eigenvalue weighted by Gasteiger charge is -2.22. The van der Waals surface area contributed by atoms with Crippen LogP contribution >= 0.6 is 0 Å². The Bertz CT molecular complexity index is 789. The predicted octanol–water partition coefficient (Wildman–Crippen LogP) is 0.548. The molecule has 0 saturated carbocycles. The molecule has 22 heavy (non-hydrogen) atoms. The van der Waals surface area contributed by atoms with Crippen molar-refractivity contribution >= 4 is 11.6 Å². The lowest BCUT2D eigenvalue weighted by atomic mass is 10.2. The quantitative estimate of drug-likeness (QED) is 0.879. The van der Waals surface area contributed by atoms with Crippen molar-refractivity contribution < 1.29 is 14.3 Å². The number of alkyl halides is 1. The number of nitrogens with zero attached hydrogens (tertiary/aromatic N) is 3. The first-order chi connectivity index (χ1) is 10.5. The highest BCUT2D eigenvalue weighted by molar-refractivity contribution is 5.94. The summed E-state index contributed by atoms with van der Waals surface area (Å²) in [5.41, 5.74) is 0.791. The van der Waals surface area contributed by atoms with Crippen LogP contribution in [0.1, 0.15) is 22.3 Å². The zero-order valence-electron chi connectivity index (χ0n) is 12.1. The van der Waals surface area contributed by atoms with Crippen molar-refractivity contribution in [2.75, 3.05) is 13.2 Å². The molecule has 0 spiro atoms. The Morgan fingerprint density at radius 1 is 1.55 bits per heavy atom. The third-order valence-electron chi connectivity index (χ3n) is 3.93. The number of carbonyl (C=O) groups is 1. The van der Waals surface area contributed by atoms with E-state index in [4.69, 9.17) is 0 Å². The number of aliphatic hydroxyl groups is 1. The van der Waals surface area contributed by atoms with E-state index in [1.54, 1.807) is 18.3 Å². The summed E-state index contributed by atoms with van der Waals surface area (Å²) in [6.07, 6.45) is 1.69. The Labute approximate surface area is 125 Å². The van der Waals surface area contributed by atoms with Gasteiger partial charge in [0.15, 0.2) is 0 Å². The molecule has 2 atom stereocenters. The van der Waals surface area contributed by atoms with Crippen molar-refractivity contribution in [3.63, 3.8) is 0 Å². The van der Waals surface area contributed by atoms with Crippen LogP contribution in [-0.4, -0.2) is 50.7 Å². The highest BCUT2D eigenvalue weighted by Crippen LogP contribution is 2.21. The van der Waals surface area contributed by atoms with E-state index in [0.717, 1.165) is 5.56 Å². The first-order valence-electron chi connectivity index (χ1n) is 7.05. The SMILES string of the molecule is Cc1ccn2c(=O)c(C(=O)N3C[C@@H](F)C[C@H]3CO)cnc2c1. The van der Waals surface area contributed by atoms with E-state index in [9.17, 15) is 19.1 Å². The van der Waals surface area contributed by atoms with Crippen LogP contribution in [0.25, 0.3) is 5.65 Å². The smallest absolute Gasteiger partial charge is 0.270 e. The average molecular weight is 305 g/mol. The average Bonchev–Trinajstić information content (AvgIpc) is 2.88. The second-order valence-corrected chi connectivity index (χ2v) is 5.54. The number of amides is 1. The Balaban J connectivity index is 2.03. The molecule has 2 aromatic heterocycles. The number of hydrogen-bond acceptors (Lipinski definition) is 4. The molecular weight excluding hydrogens is 289 g/mol. The summed E-state index contributed by atoms with van der Waals surface area (Å²) in [5.74, 6) is -0.591. The predicted molar refractivity (Wildman–Crippen MR) is 77.6 cm³/mol. The summed E-state index contributed by atoms with van der Waals surface area (Å²) < 4.78 is 14.8. The number of aryl methyl sites for hydroxylation is 1. The third kappa shape index (κ3) is 2.37. The Morgan fingerprint density at radius 3 is 3.05 bits per heavy atom. The van der Waals surface area contributed by atoms with Crippen LogP contribution in [0.4, 0.5) is 4.39 Å². The minimum atomic E-state index is -1.18. The van der Waals surface area contributed by atoms with E-state index in [0.29, 0.717) is 5.65 Å². The number of carbonyl (C=O) groups excluding carboxylic acids is 1. The highest BCUT2D eigenvalue weighted by Gasteiger charge is 2.36. The van der Waals surface area contributed by atoms with Gasteiger partial charge in [0.05, 0.1) is 19.2 Å². The maximum absolute atomic E-state index is 13.5. The van der Waals surface area contributed by atoms with Crippen molar-refractivity contribution in [2.24, 2.45) is 0 Å². The van der Waals surface area contributed by atoms with Gasteiger partial charge in [-0.2, -0.15) is 0 Å². The van der Waals surface area contributed by atoms with Crippen molar-refractivity contribution in [2.45, 2.75) is 25.6 Å². The third-order valence-corrected chi connectivity index (χ3v) is 3.93. The van der Waals surface area contributed by atoms with Crippen LogP contribution in [0.5, 0.6) is 0 Å².